The van der Waals surface area contributed by atoms with Gasteiger partial charge in [0.2, 0.25) is 0 Å². The number of rotatable bonds is 0. The first kappa shape index (κ1) is 10.0. The first-order valence-electron chi connectivity index (χ1n) is 0.698. The van der Waals surface area contributed by atoms with Gasteiger partial charge in [0, 0.05) is 0 Å². The maximum atomic E-state index is 8.85. The molecule has 6 heavy (non-hydrogen) atoms. The van der Waals surface area contributed by atoms with Crippen LogP contribution in [0.15, 0.2) is 0 Å². The Hall–Kier alpha value is 0.907. The fourth-order valence-electron chi connectivity index (χ4n) is 0. The Kier molecular flexibility index (Phi) is 4.97. The van der Waals surface area contributed by atoms with Gasteiger partial charge in [0.05, 0.1) is 0 Å². The van der Waals surface area contributed by atoms with E-state index in [4.69, 9.17) is 13.2 Å². The summed E-state index contributed by atoms with van der Waals surface area (Å²) < 4.78 is 32.0. The fourth-order valence-corrected chi connectivity index (χ4v) is 0. The average molecular weight is 202 g/mol. The van der Waals surface area contributed by atoms with Crippen molar-refractivity contribution in [3.05, 3.63) is 0 Å². The maximum absolute atomic E-state index is 8.85. The second-order valence-electron chi connectivity index (χ2n) is 0.448. The zero-order chi connectivity index (χ0) is 4.50. The Morgan fingerprint density at radius 2 is 1.17 bits per heavy atom. The molecule has 0 aliphatic heterocycles. The van der Waals surface area contributed by atoms with Gasteiger partial charge >= 0.3 is 51.0 Å². The minimum absolute atomic E-state index is 0. The molecular weight excluding hydrogens is 199 g/mol. The molecule has 4 nitrogen and oxygen atoms in total. The van der Waals surface area contributed by atoms with Crippen molar-refractivity contribution >= 4 is 37.8 Å². The molecule has 0 amide bonds. The Morgan fingerprint density at radius 1 is 1.17 bits per heavy atom. The standard InChI is InChI=1S/Li.H2O4Te.H/c;1-5(2,3)4;/h;(H2,1,2,3,4);. The molecule has 34 valence electrons. The number of hydrogen-bond acceptors (Lipinski definition) is 2. The molecule has 0 fully saturated rings. The van der Waals surface area contributed by atoms with E-state index in [1.165, 1.54) is 0 Å². The van der Waals surface area contributed by atoms with Crippen LogP contribution in [0.4, 0.5) is 0 Å². The molecule has 0 aromatic carbocycles. The van der Waals surface area contributed by atoms with Crippen LogP contribution in [-0.4, -0.2) is 44.8 Å². The molecule has 0 aliphatic carbocycles. The molecule has 6 heteroatoms. The zero-order valence-electron chi connectivity index (χ0n) is 2.12. The van der Waals surface area contributed by atoms with Crippen molar-refractivity contribution in [1.29, 1.82) is 0 Å². The topological polar surface area (TPSA) is 74.6 Å². The average Bonchev–Trinajstić information content (AvgIpc) is 0.722. The van der Waals surface area contributed by atoms with Gasteiger partial charge in [-0.2, -0.15) is 0 Å². The van der Waals surface area contributed by atoms with Crippen LogP contribution >= 0.6 is 0 Å². The van der Waals surface area contributed by atoms with Gasteiger partial charge in [-0.1, -0.05) is 0 Å². The van der Waals surface area contributed by atoms with Gasteiger partial charge in [0.15, 0.2) is 0 Å². The third-order valence-corrected chi connectivity index (χ3v) is 0. The van der Waals surface area contributed by atoms with E-state index < -0.39 is 19.0 Å². The van der Waals surface area contributed by atoms with E-state index in [0.29, 0.717) is 0 Å². The van der Waals surface area contributed by atoms with Crippen molar-refractivity contribution in [3.63, 3.8) is 0 Å². The van der Waals surface area contributed by atoms with Crippen molar-refractivity contribution in [2.24, 2.45) is 0 Å². The molecule has 0 saturated carbocycles. The van der Waals surface area contributed by atoms with Gasteiger partial charge < -0.3 is 0 Å². The quantitative estimate of drug-likeness (QED) is 0.429. The Labute approximate surface area is 51.0 Å². The molecule has 0 rings (SSSR count). The van der Waals surface area contributed by atoms with Crippen LogP contribution in [0.5, 0.6) is 0 Å². The van der Waals surface area contributed by atoms with E-state index in [1.807, 2.05) is 0 Å². The molecule has 0 aromatic heterocycles. The van der Waals surface area contributed by atoms with Crippen LogP contribution in [0.25, 0.3) is 0 Å². The first-order valence-corrected chi connectivity index (χ1v) is 4.69. The summed E-state index contributed by atoms with van der Waals surface area (Å²) in [4.78, 5) is 0. The predicted molar refractivity (Wildman–Crippen MR) is 18.7 cm³/mol. The molecule has 0 heterocycles. The summed E-state index contributed by atoms with van der Waals surface area (Å²) in [7, 11) is 0. The van der Waals surface area contributed by atoms with Gasteiger partial charge in [-0.15, -0.1) is 0 Å². The minimum atomic E-state index is -5.52. The Balaban J connectivity index is 0. The van der Waals surface area contributed by atoms with Crippen molar-refractivity contribution < 1.29 is 13.2 Å². The monoisotopic (exact) mass is 204 g/mol. The number of hydrogen-bond donors (Lipinski definition) is 2. The van der Waals surface area contributed by atoms with Crippen LogP contribution in [0.3, 0.4) is 0 Å². The first-order chi connectivity index (χ1) is 2.00. The molecule has 0 aromatic rings. The zero-order valence-corrected chi connectivity index (χ0v) is 4.45. The third kappa shape index (κ3) is 91.0. The second kappa shape index (κ2) is 2.98. The normalized spacial score (nSPS) is 9.67. The molecule has 0 aliphatic rings. The van der Waals surface area contributed by atoms with Crippen molar-refractivity contribution in [2.45, 2.75) is 0 Å². The van der Waals surface area contributed by atoms with Crippen molar-refractivity contribution in [3.8, 4) is 0 Å². The molecule has 0 saturated heterocycles. The SMILES string of the molecule is O=[Te](=O)(O)O.[LiH]. The Bertz CT molecular complexity index is 90.7. The molecular formula is H3LiO4Te. The molecule has 0 atom stereocenters. The van der Waals surface area contributed by atoms with E-state index >= 15 is 0 Å². The summed E-state index contributed by atoms with van der Waals surface area (Å²) in [5.74, 6) is 0. The Morgan fingerprint density at radius 3 is 1.17 bits per heavy atom. The van der Waals surface area contributed by atoms with E-state index in [2.05, 4.69) is 0 Å². The molecule has 0 radical (unpaired) electrons. The van der Waals surface area contributed by atoms with Gasteiger partial charge in [-0.3, -0.25) is 0 Å². The van der Waals surface area contributed by atoms with Crippen LogP contribution in [-0.2, 0) is 6.21 Å². The van der Waals surface area contributed by atoms with Gasteiger partial charge in [0.1, 0.15) is 0 Å². The van der Waals surface area contributed by atoms with Gasteiger partial charge in [0.25, 0.3) is 0 Å². The predicted octanol–water partition coefficient (Wildman–Crippen LogP) is -2.38. The molecule has 2 N–H and O–H groups in total. The van der Waals surface area contributed by atoms with Crippen LogP contribution in [0.1, 0.15) is 0 Å². The summed E-state index contributed by atoms with van der Waals surface area (Å²) in [6.07, 6.45) is 0. The van der Waals surface area contributed by atoms with Crippen molar-refractivity contribution in [2.75, 3.05) is 0 Å². The molecule has 0 unspecified atom stereocenters. The van der Waals surface area contributed by atoms with Crippen LogP contribution in [0.2, 0.25) is 0 Å². The van der Waals surface area contributed by atoms with Gasteiger partial charge in [-0.25, -0.2) is 0 Å². The van der Waals surface area contributed by atoms with E-state index in [0.717, 1.165) is 0 Å². The van der Waals surface area contributed by atoms with Crippen LogP contribution < -0.4 is 0 Å². The molecule has 0 spiro atoms. The summed E-state index contributed by atoms with van der Waals surface area (Å²) in [5.41, 5.74) is 0. The summed E-state index contributed by atoms with van der Waals surface area (Å²) in [5, 5.41) is 0. The summed E-state index contributed by atoms with van der Waals surface area (Å²) in [6, 6.07) is 0. The van der Waals surface area contributed by atoms with Crippen LogP contribution in [0, 0.1) is 0 Å². The van der Waals surface area contributed by atoms with Gasteiger partial charge in [-0.05, 0) is 0 Å². The van der Waals surface area contributed by atoms with E-state index in [9.17, 15) is 0 Å². The van der Waals surface area contributed by atoms with Crippen molar-refractivity contribution in [1.82, 2.24) is 0 Å². The third-order valence-electron chi connectivity index (χ3n) is 0. The fraction of sp³-hybridized carbons (Fsp3) is 0. The molecule has 0 bridgehead atoms. The van der Waals surface area contributed by atoms with E-state index in [1.54, 1.807) is 0 Å². The van der Waals surface area contributed by atoms with E-state index in [-0.39, 0.29) is 18.9 Å². The summed E-state index contributed by atoms with van der Waals surface area (Å²) in [6.45, 7) is 0. The second-order valence-corrected chi connectivity index (χ2v) is 3.00. The summed E-state index contributed by atoms with van der Waals surface area (Å²) >= 11 is -5.52.